The summed E-state index contributed by atoms with van der Waals surface area (Å²) >= 11 is 5.93. The third-order valence-corrected chi connectivity index (χ3v) is 4.74. The van der Waals surface area contributed by atoms with Crippen molar-refractivity contribution >= 4 is 34.4 Å². The number of anilines is 1. The van der Waals surface area contributed by atoms with Gasteiger partial charge in [-0.1, -0.05) is 29.8 Å². The lowest BCUT2D eigenvalue weighted by Gasteiger charge is -2.13. The maximum Gasteiger partial charge on any atom is 0.333 e. The Balaban J connectivity index is 1.75. The van der Waals surface area contributed by atoms with Gasteiger partial charge in [0.2, 0.25) is 5.91 Å². The minimum absolute atomic E-state index is 0.00546. The molecule has 2 aromatic heterocycles. The summed E-state index contributed by atoms with van der Waals surface area (Å²) in [5.74, 6) is -0.945. The van der Waals surface area contributed by atoms with Gasteiger partial charge in [-0.15, -0.1) is 0 Å². The number of benzene rings is 2. The van der Waals surface area contributed by atoms with Crippen LogP contribution in [0.5, 0.6) is 0 Å². The summed E-state index contributed by atoms with van der Waals surface area (Å²) in [4.78, 5) is 46.6. The molecular formula is C21H15ClFN5O3. The smallest absolute Gasteiger partial charge is 0.324 e. The van der Waals surface area contributed by atoms with Crippen molar-refractivity contribution in [1.82, 2.24) is 19.1 Å². The van der Waals surface area contributed by atoms with Crippen LogP contribution in [0.25, 0.3) is 11.2 Å². The van der Waals surface area contributed by atoms with E-state index in [1.807, 2.05) is 0 Å². The summed E-state index contributed by atoms with van der Waals surface area (Å²) in [6, 6.07) is 12.0. The summed E-state index contributed by atoms with van der Waals surface area (Å²) in [6.45, 7) is -0.509. The van der Waals surface area contributed by atoms with Crippen LogP contribution in [0.2, 0.25) is 5.02 Å². The number of rotatable bonds is 5. The first-order valence-corrected chi connectivity index (χ1v) is 9.54. The minimum Gasteiger partial charge on any atom is -0.324 e. The number of amides is 1. The molecular weight excluding hydrogens is 425 g/mol. The molecule has 0 saturated heterocycles. The molecule has 0 spiro atoms. The fourth-order valence-electron chi connectivity index (χ4n) is 3.09. The van der Waals surface area contributed by atoms with Crippen molar-refractivity contribution in [3.05, 3.63) is 98.2 Å². The Morgan fingerprint density at radius 1 is 1.03 bits per heavy atom. The SMILES string of the molecule is O=C(Cn1c(=O)n(Cc2ccc(F)cc2)c(=O)c2nccnc21)Nc1cccc(Cl)c1. The van der Waals surface area contributed by atoms with Gasteiger partial charge in [-0.3, -0.25) is 18.7 Å². The lowest BCUT2D eigenvalue weighted by atomic mass is 10.2. The average molecular weight is 440 g/mol. The fraction of sp³-hybridized carbons (Fsp3) is 0.0952. The summed E-state index contributed by atoms with van der Waals surface area (Å²) in [5, 5.41) is 3.10. The molecule has 31 heavy (non-hydrogen) atoms. The number of hydrogen-bond donors (Lipinski definition) is 1. The van der Waals surface area contributed by atoms with Gasteiger partial charge in [-0.25, -0.2) is 19.2 Å². The zero-order valence-corrected chi connectivity index (χ0v) is 16.7. The van der Waals surface area contributed by atoms with Crippen molar-refractivity contribution in [2.45, 2.75) is 13.1 Å². The molecule has 0 unspecified atom stereocenters. The first-order chi connectivity index (χ1) is 14.9. The predicted molar refractivity (Wildman–Crippen MR) is 114 cm³/mol. The Morgan fingerprint density at radius 3 is 2.52 bits per heavy atom. The van der Waals surface area contributed by atoms with Gasteiger partial charge in [-0.2, -0.15) is 0 Å². The van der Waals surface area contributed by atoms with Crippen molar-refractivity contribution < 1.29 is 9.18 Å². The number of halogens is 2. The van der Waals surface area contributed by atoms with Crippen molar-refractivity contribution in [3.63, 3.8) is 0 Å². The molecule has 8 nitrogen and oxygen atoms in total. The highest BCUT2D eigenvalue weighted by Crippen LogP contribution is 2.15. The molecule has 2 aromatic carbocycles. The summed E-state index contributed by atoms with van der Waals surface area (Å²) in [6.07, 6.45) is 2.66. The lowest BCUT2D eigenvalue weighted by Crippen LogP contribution is -2.42. The van der Waals surface area contributed by atoms with Crippen molar-refractivity contribution in [2.75, 3.05) is 5.32 Å². The molecule has 1 N–H and O–H groups in total. The zero-order valence-electron chi connectivity index (χ0n) is 16.0. The van der Waals surface area contributed by atoms with Crippen LogP contribution in [-0.2, 0) is 17.9 Å². The molecule has 1 amide bonds. The number of fused-ring (bicyclic) bond motifs is 1. The van der Waals surface area contributed by atoms with E-state index >= 15 is 0 Å². The van der Waals surface area contributed by atoms with Gasteiger partial charge in [0.15, 0.2) is 11.2 Å². The Kier molecular flexibility index (Phi) is 5.59. The maximum atomic E-state index is 13.2. The molecule has 4 rings (SSSR count). The van der Waals surface area contributed by atoms with Gasteiger partial charge in [0, 0.05) is 23.1 Å². The molecule has 10 heteroatoms. The van der Waals surface area contributed by atoms with Crippen LogP contribution in [0, 0.1) is 5.82 Å². The molecule has 0 bridgehead atoms. The van der Waals surface area contributed by atoms with Crippen molar-refractivity contribution in [3.8, 4) is 0 Å². The quantitative estimate of drug-likeness (QED) is 0.515. The van der Waals surface area contributed by atoms with Crippen LogP contribution in [0.15, 0.2) is 70.5 Å². The van der Waals surface area contributed by atoms with E-state index in [1.165, 1.54) is 36.7 Å². The highest BCUT2D eigenvalue weighted by atomic mass is 35.5. The number of carbonyl (C=O) groups excluding carboxylic acids is 1. The fourth-order valence-corrected chi connectivity index (χ4v) is 3.29. The van der Waals surface area contributed by atoms with Gasteiger partial charge < -0.3 is 5.32 Å². The molecule has 0 atom stereocenters. The Hall–Kier alpha value is -3.85. The Bertz CT molecular complexity index is 1400. The predicted octanol–water partition coefficient (Wildman–Crippen LogP) is 2.43. The average Bonchev–Trinajstić information content (AvgIpc) is 2.75. The number of carbonyl (C=O) groups is 1. The molecule has 0 fully saturated rings. The topological polar surface area (TPSA) is 98.9 Å². The van der Waals surface area contributed by atoms with Gasteiger partial charge in [0.05, 0.1) is 6.54 Å². The first kappa shape index (κ1) is 20.4. The van der Waals surface area contributed by atoms with Gasteiger partial charge in [0.1, 0.15) is 12.4 Å². The number of aromatic nitrogens is 4. The Morgan fingerprint density at radius 2 is 1.77 bits per heavy atom. The van der Waals surface area contributed by atoms with Crippen LogP contribution in [0.1, 0.15) is 5.56 Å². The summed E-state index contributed by atoms with van der Waals surface area (Å²) in [5.41, 5.74) is -0.444. The second kappa shape index (κ2) is 8.49. The van der Waals surface area contributed by atoms with Crippen LogP contribution in [-0.4, -0.2) is 25.0 Å². The standard InChI is InChI=1S/C21H15ClFN5O3/c22-14-2-1-3-16(10-14)26-17(29)12-27-19-18(24-8-9-25-19)20(30)28(21(27)31)11-13-4-6-15(23)7-5-13/h1-10H,11-12H2,(H,26,29). The molecule has 0 aliphatic carbocycles. The van der Waals surface area contributed by atoms with Crippen LogP contribution >= 0.6 is 11.6 Å². The van der Waals surface area contributed by atoms with Crippen molar-refractivity contribution in [1.29, 1.82) is 0 Å². The Labute approximate surface area is 179 Å². The zero-order chi connectivity index (χ0) is 22.0. The number of hydrogen-bond acceptors (Lipinski definition) is 5. The molecule has 0 aliphatic heterocycles. The second-order valence-electron chi connectivity index (χ2n) is 6.67. The third kappa shape index (κ3) is 4.36. The van der Waals surface area contributed by atoms with Crippen molar-refractivity contribution in [2.24, 2.45) is 0 Å². The van der Waals surface area contributed by atoms with E-state index in [0.717, 1.165) is 9.13 Å². The highest BCUT2D eigenvalue weighted by molar-refractivity contribution is 6.30. The molecule has 2 heterocycles. The normalized spacial score (nSPS) is 10.9. The monoisotopic (exact) mass is 439 g/mol. The van der Waals surface area contributed by atoms with Crippen LogP contribution in [0.4, 0.5) is 10.1 Å². The second-order valence-corrected chi connectivity index (χ2v) is 7.11. The minimum atomic E-state index is -0.733. The van der Waals surface area contributed by atoms with E-state index in [1.54, 1.807) is 24.3 Å². The number of nitrogens with zero attached hydrogens (tertiary/aromatic N) is 4. The van der Waals surface area contributed by atoms with E-state index in [9.17, 15) is 18.8 Å². The van der Waals surface area contributed by atoms with Gasteiger partial charge >= 0.3 is 5.69 Å². The highest BCUT2D eigenvalue weighted by Gasteiger charge is 2.17. The number of nitrogens with one attached hydrogen (secondary N) is 1. The van der Waals surface area contributed by atoms with E-state index in [0.29, 0.717) is 16.3 Å². The van der Waals surface area contributed by atoms with Crippen LogP contribution in [0.3, 0.4) is 0 Å². The largest absolute Gasteiger partial charge is 0.333 e. The third-order valence-electron chi connectivity index (χ3n) is 4.51. The van der Waals surface area contributed by atoms with E-state index < -0.39 is 29.5 Å². The van der Waals surface area contributed by atoms with Gasteiger partial charge in [-0.05, 0) is 35.9 Å². The molecule has 0 aliphatic rings. The van der Waals surface area contributed by atoms with E-state index in [4.69, 9.17) is 11.6 Å². The van der Waals surface area contributed by atoms with Crippen LogP contribution < -0.4 is 16.6 Å². The molecule has 0 radical (unpaired) electrons. The molecule has 0 saturated carbocycles. The summed E-state index contributed by atoms with van der Waals surface area (Å²) in [7, 11) is 0. The molecule has 156 valence electrons. The van der Waals surface area contributed by atoms with E-state index in [2.05, 4.69) is 15.3 Å². The molecule has 4 aromatic rings. The maximum absolute atomic E-state index is 13.2. The van der Waals surface area contributed by atoms with Gasteiger partial charge in [0.25, 0.3) is 5.56 Å². The first-order valence-electron chi connectivity index (χ1n) is 9.16. The summed E-state index contributed by atoms with van der Waals surface area (Å²) < 4.78 is 15.2. The lowest BCUT2D eigenvalue weighted by molar-refractivity contribution is -0.116. The van der Waals surface area contributed by atoms with E-state index in [-0.39, 0.29) is 17.7 Å².